The molecule has 0 spiro atoms. The average Bonchev–Trinajstić information content (AvgIpc) is 3.39. The zero-order valence-corrected chi connectivity index (χ0v) is 15.3. The van der Waals surface area contributed by atoms with Gasteiger partial charge in [0.25, 0.3) is 0 Å². The van der Waals surface area contributed by atoms with Crippen LogP contribution in [0.4, 0.5) is 11.8 Å². The van der Waals surface area contributed by atoms with Crippen LogP contribution in [0.3, 0.4) is 0 Å². The molecule has 0 unspecified atom stereocenters. The highest BCUT2D eigenvalue weighted by molar-refractivity contribution is 5.59. The largest absolute Gasteiger partial charge is 0.461 e. The topological polar surface area (TPSA) is 102 Å². The quantitative estimate of drug-likeness (QED) is 0.574. The van der Waals surface area contributed by atoms with Crippen molar-refractivity contribution in [3.63, 3.8) is 0 Å². The molecule has 0 saturated carbocycles. The van der Waals surface area contributed by atoms with E-state index < -0.39 is 0 Å². The lowest BCUT2D eigenvalue weighted by Gasteiger charge is -2.35. The van der Waals surface area contributed by atoms with Gasteiger partial charge in [-0.05, 0) is 24.3 Å². The Balaban J connectivity index is 1.32. The zero-order valence-electron chi connectivity index (χ0n) is 15.3. The molecule has 4 aromatic heterocycles. The van der Waals surface area contributed by atoms with Crippen LogP contribution >= 0.6 is 0 Å². The Hall–Kier alpha value is -3.46. The molecular weight excluding hydrogens is 356 g/mol. The van der Waals surface area contributed by atoms with Gasteiger partial charge in [0.15, 0.2) is 11.4 Å². The number of nitrogens with two attached hydrogens (primary N) is 1. The molecule has 4 aromatic rings. The summed E-state index contributed by atoms with van der Waals surface area (Å²) in [5.74, 6) is 2.23. The molecule has 2 N–H and O–H groups in total. The Labute approximate surface area is 161 Å². The van der Waals surface area contributed by atoms with E-state index in [-0.39, 0.29) is 0 Å². The van der Waals surface area contributed by atoms with Crippen LogP contribution in [-0.4, -0.2) is 55.6 Å². The van der Waals surface area contributed by atoms with Crippen molar-refractivity contribution in [1.29, 1.82) is 0 Å². The van der Waals surface area contributed by atoms with Crippen LogP contribution in [-0.2, 0) is 6.54 Å². The summed E-state index contributed by atoms with van der Waals surface area (Å²) < 4.78 is 6.92. The van der Waals surface area contributed by atoms with E-state index in [1.807, 2.05) is 30.5 Å². The maximum absolute atomic E-state index is 6.13. The summed E-state index contributed by atoms with van der Waals surface area (Å²) in [6.07, 6.45) is 3.43. The number of nitrogens with zero attached hydrogens (tertiary/aromatic N) is 7. The molecule has 1 aliphatic heterocycles. The van der Waals surface area contributed by atoms with Crippen molar-refractivity contribution in [2.75, 3.05) is 36.8 Å². The van der Waals surface area contributed by atoms with Crippen LogP contribution in [0.2, 0.25) is 0 Å². The molecule has 1 aliphatic rings. The van der Waals surface area contributed by atoms with Gasteiger partial charge in [0.05, 0.1) is 12.0 Å². The predicted molar refractivity (Wildman–Crippen MR) is 105 cm³/mol. The van der Waals surface area contributed by atoms with E-state index in [0.717, 1.165) is 44.2 Å². The number of anilines is 2. The number of hydrogen-bond donors (Lipinski definition) is 1. The highest BCUT2D eigenvalue weighted by Gasteiger charge is 2.20. The molecule has 0 amide bonds. The monoisotopic (exact) mass is 376 g/mol. The lowest BCUT2D eigenvalue weighted by atomic mass is 10.2. The molecule has 5 rings (SSSR count). The lowest BCUT2D eigenvalue weighted by Crippen LogP contribution is -2.46. The number of pyridine rings is 1. The van der Waals surface area contributed by atoms with Crippen molar-refractivity contribution in [2.24, 2.45) is 0 Å². The van der Waals surface area contributed by atoms with Crippen LogP contribution in [0.15, 0.2) is 53.3 Å². The molecule has 0 atom stereocenters. The van der Waals surface area contributed by atoms with Crippen LogP contribution in [0.25, 0.3) is 17.2 Å². The summed E-state index contributed by atoms with van der Waals surface area (Å²) in [7, 11) is 0. The van der Waals surface area contributed by atoms with Crippen molar-refractivity contribution >= 4 is 17.4 Å². The smallest absolute Gasteiger partial charge is 0.225 e. The summed E-state index contributed by atoms with van der Waals surface area (Å²) in [5, 5.41) is 4.39. The zero-order chi connectivity index (χ0) is 18.9. The molecule has 0 bridgehead atoms. The van der Waals surface area contributed by atoms with Crippen molar-refractivity contribution in [3.8, 4) is 11.6 Å². The first kappa shape index (κ1) is 16.7. The van der Waals surface area contributed by atoms with E-state index in [1.54, 1.807) is 16.8 Å². The molecule has 28 heavy (non-hydrogen) atoms. The van der Waals surface area contributed by atoms with Crippen molar-refractivity contribution in [1.82, 2.24) is 29.5 Å². The van der Waals surface area contributed by atoms with Gasteiger partial charge in [-0.3, -0.25) is 9.88 Å². The highest BCUT2D eigenvalue weighted by Crippen LogP contribution is 2.22. The Kier molecular flexibility index (Phi) is 4.13. The molecule has 0 radical (unpaired) electrons. The Bertz CT molecular complexity index is 1070. The predicted octanol–water partition coefficient (Wildman–Crippen LogP) is 1.68. The van der Waals surface area contributed by atoms with Crippen LogP contribution in [0, 0.1) is 0 Å². The Morgan fingerprint density at radius 1 is 1.04 bits per heavy atom. The van der Waals surface area contributed by atoms with Crippen molar-refractivity contribution < 1.29 is 4.42 Å². The summed E-state index contributed by atoms with van der Waals surface area (Å²) in [5.41, 5.74) is 7.88. The first-order valence-electron chi connectivity index (χ1n) is 9.21. The fourth-order valence-electron chi connectivity index (χ4n) is 3.43. The normalized spacial score (nSPS) is 15.4. The SMILES string of the molecule is Nc1nc(N2CCN(Cc3ccccn3)CC2)cc2nc(-c3ccco3)nn12. The molecule has 1 fully saturated rings. The fraction of sp³-hybridized carbons (Fsp3) is 0.263. The summed E-state index contributed by atoms with van der Waals surface area (Å²) in [6, 6.07) is 11.6. The number of nitrogen functional groups attached to an aromatic ring is 1. The maximum Gasteiger partial charge on any atom is 0.225 e. The van der Waals surface area contributed by atoms with Gasteiger partial charge in [-0.2, -0.15) is 9.50 Å². The van der Waals surface area contributed by atoms with Crippen LogP contribution in [0.1, 0.15) is 5.69 Å². The average molecular weight is 376 g/mol. The van der Waals surface area contributed by atoms with Gasteiger partial charge in [0.2, 0.25) is 11.8 Å². The molecular formula is C19H20N8O. The van der Waals surface area contributed by atoms with Crippen molar-refractivity contribution in [3.05, 3.63) is 54.6 Å². The molecule has 9 heteroatoms. The molecule has 9 nitrogen and oxygen atoms in total. The minimum absolute atomic E-state index is 0.314. The third-order valence-corrected chi connectivity index (χ3v) is 4.89. The third kappa shape index (κ3) is 3.16. The van der Waals surface area contributed by atoms with E-state index in [0.29, 0.717) is 23.2 Å². The molecule has 0 aromatic carbocycles. The van der Waals surface area contributed by atoms with Gasteiger partial charge in [0, 0.05) is 45.0 Å². The van der Waals surface area contributed by atoms with E-state index in [9.17, 15) is 0 Å². The maximum atomic E-state index is 6.13. The van der Waals surface area contributed by atoms with E-state index >= 15 is 0 Å². The number of rotatable bonds is 4. The molecule has 5 heterocycles. The second-order valence-corrected chi connectivity index (χ2v) is 6.74. The molecule has 142 valence electrons. The van der Waals surface area contributed by atoms with Crippen molar-refractivity contribution in [2.45, 2.75) is 6.54 Å². The van der Waals surface area contributed by atoms with Gasteiger partial charge in [-0.25, -0.2) is 4.98 Å². The van der Waals surface area contributed by atoms with Gasteiger partial charge in [-0.15, -0.1) is 5.10 Å². The van der Waals surface area contributed by atoms with Gasteiger partial charge in [-0.1, -0.05) is 6.07 Å². The number of furan rings is 1. The standard InChI is InChI=1S/C19H20N8O/c20-19-23-16(12-17-22-18(24-27(17)19)15-5-3-11-28-15)26-9-7-25(8-10-26)13-14-4-1-2-6-21-14/h1-6,11-12H,7-10,13H2,(H2,20,23). The molecule has 0 aliphatic carbocycles. The fourth-order valence-corrected chi connectivity index (χ4v) is 3.43. The summed E-state index contributed by atoms with van der Waals surface area (Å²) >= 11 is 0. The number of piperazine rings is 1. The Morgan fingerprint density at radius 2 is 1.93 bits per heavy atom. The van der Waals surface area contributed by atoms with E-state index in [4.69, 9.17) is 10.2 Å². The van der Waals surface area contributed by atoms with Gasteiger partial charge in [0.1, 0.15) is 5.82 Å². The van der Waals surface area contributed by atoms with Crippen LogP contribution < -0.4 is 10.6 Å². The molecule has 1 saturated heterocycles. The number of hydrogen-bond acceptors (Lipinski definition) is 8. The highest BCUT2D eigenvalue weighted by atomic mass is 16.3. The summed E-state index contributed by atoms with van der Waals surface area (Å²) in [4.78, 5) is 18.1. The number of fused-ring (bicyclic) bond motifs is 1. The number of aromatic nitrogens is 5. The van der Waals surface area contributed by atoms with E-state index in [1.165, 1.54) is 0 Å². The second-order valence-electron chi connectivity index (χ2n) is 6.74. The minimum atomic E-state index is 0.314. The van der Waals surface area contributed by atoms with Crippen LogP contribution in [0.5, 0.6) is 0 Å². The minimum Gasteiger partial charge on any atom is -0.461 e. The first-order chi connectivity index (χ1) is 13.8. The third-order valence-electron chi connectivity index (χ3n) is 4.89. The van der Waals surface area contributed by atoms with Gasteiger partial charge >= 0.3 is 0 Å². The van der Waals surface area contributed by atoms with Gasteiger partial charge < -0.3 is 15.1 Å². The lowest BCUT2D eigenvalue weighted by molar-refractivity contribution is 0.246. The van der Waals surface area contributed by atoms with E-state index in [2.05, 4.69) is 35.9 Å². The summed E-state index contributed by atoms with van der Waals surface area (Å²) in [6.45, 7) is 4.48. The second kappa shape index (κ2) is 6.93. The Morgan fingerprint density at radius 3 is 2.68 bits per heavy atom. The first-order valence-corrected chi connectivity index (χ1v) is 9.21.